The van der Waals surface area contributed by atoms with Gasteiger partial charge in [-0.1, -0.05) is 6.92 Å². The van der Waals surface area contributed by atoms with Gasteiger partial charge in [0.1, 0.15) is 11.6 Å². The molecule has 0 amide bonds. The van der Waals surface area contributed by atoms with Gasteiger partial charge in [0.2, 0.25) is 0 Å². The highest BCUT2D eigenvalue weighted by molar-refractivity contribution is 5.93. The molecule has 5 heteroatoms. The van der Waals surface area contributed by atoms with Crippen LogP contribution in [-0.4, -0.2) is 5.78 Å². The lowest BCUT2D eigenvalue weighted by Gasteiger charge is -2.01. The highest BCUT2D eigenvalue weighted by Gasteiger charge is 2.16. The van der Waals surface area contributed by atoms with E-state index in [1.807, 2.05) is 0 Å². The maximum absolute atomic E-state index is 13.5. The number of ketones is 1. The molecule has 94 valence electrons. The Bertz CT molecular complexity index is 602. The van der Waals surface area contributed by atoms with E-state index in [0.717, 1.165) is 0 Å². The number of carbonyl (C=O) groups excluding carboxylic acids is 1. The van der Waals surface area contributed by atoms with Crippen LogP contribution in [0.15, 0.2) is 28.7 Å². The van der Waals surface area contributed by atoms with Gasteiger partial charge in [0.05, 0.1) is 5.56 Å². The summed E-state index contributed by atoms with van der Waals surface area (Å²) in [5, 5.41) is 0. The zero-order chi connectivity index (χ0) is 13.3. The van der Waals surface area contributed by atoms with E-state index in [1.54, 1.807) is 6.92 Å². The first-order valence-electron chi connectivity index (χ1n) is 5.31. The van der Waals surface area contributed by atoms with Crippen molar-refractivity contribution in [1.82, 2.24) is 0 Å². The molecule has 0 aliphatic heterocycles. The molecule has 2 rings (SSSR count). The first-order valence-corrected chi connectivity index (χ1v) is 5.31. The number of halogens is 3. The third-order valence-corrected chi connectivity index (χ3v) is 2.48. The largest absolute Gasteiger partial charge is 0.453 e. The summed E-state index contributed by atoms with van der Waals surface area (Å²) >= 11 is 0. The molecule has 0 spiro atoms. The Hall–Kier alpha value is -2.04. The van der Waals surface area contributed by atoms with Crippen LogP contribution in [0.2, 0.25) is 0 Å². The molecule has 0 aliphatic rings. The second kappa shape index (κ2) is 4.68. The quantitative estimate of drug-likeness (QED) is 0.613. The summed E-state index contributed by atoms with van der Waals surface area (Å²) in [6.07, 6.45) is 0.243. The summed E-state index contributed by atoms with van der Waals surface area (Å²) < 4.78 is 44.4. The summed E-state index contributed by atoms with van der Waals surface area (Å²) in [7, 11) is 0. The average Bonchev–Trinajstić information content (AvgIpc) is 2.82. The van der Waals surface area contributed by atoms with Crippen molar-refractivity contribution in [3.05, 3.63) is 47.5 Å². The van der Waals surface area contributed by atoms with Crippen LogP contribution in [0.25, 0.3) is 11.3 Å². The molecule has 2 nitrogen and oxygen atoms in total. The van der Waals surface area contributed by atoms with Crippen molar-refractivity contribution in [2.24, 2.45) is 0 Å². The van der Waals surface area contributed by atoms with E-state index in [9.17, 15) is 18.0 Å². The fourth-order valence-corrected chi connectivity index (χ4v) is 1.52. The fourth-order valence-electron chi connectivity index (χ4n) is 1.52. The van der Waals surface area contributed by atoms with Crippen molar-refractivity contribution in [2.75, 3.05) is 0 Å². The van der Waals surface area contributed by atoms with Gasteiger partial charge in [0.25, 0.3) is 0 Å². The molecule has 0 radical (unpaired) electrons. The number of hydrogen-bond acceptors (Lipinski definition) is 2. The molecule has 1 aromatic carbocycles. The summed E-state index contributed by atoms with van der Waals surface area (Å²) in [4.78, 5) is 11.3. The first kappa shape index (κ1) is 12.4. The summed E-state index contributed by atoms with van der Waals surface area (Å²) in [5.41, 5.74) is -0.218. The Kier molecular flexibility index (Phi) is 3.23. The number of hydrogen-bond donors (Lipinski definition) is 0. The molecule has 0 fully saturated rings. The van der Waals surface area contributed by atoms with Gasteiger partial charge in [0.15, 0.2) is 23.2 Å². The summed E-state index contributed by atoms with van der Waals surface area (Å²) in [6.45, 7) is 1.66. The number of rotatable bonds is 3. The predicted octanol–water partition coefficient (Wildman–Crippen LogP) is 3.96. The highest BCUT2D eigenvalue weighted by atomic mass is 19.2. The minimum atomic E-state index is -1.27. The maximum atomic E-state index is 13.5. The van der Waals surface area contributed by atoms with E-state index in [0.29, 0.717) is 12.1 Å². The van der Waals surface area contributed by atoms with E-state index >= 15 is 0 Å². The monoisotopic (exact) mass is 254 g/mol. The molecule has 0 atom stereocenters. The van der Waals surface area contributed by atoms with Crippen molar-refractivity contribution in [3.8, 4) is 11.3 Å². The molecule has 0 saturated carbocycles. The Morgan fingerprint density at radius 3 is 2.44 bits per heavy atom. The molecular weight excluding hydrogens is 245 g/mol. The fraction of sp³-hybridized carbons (Fsp3) is 0.154. The second-order valence-electron chi connectivity index (χ2n) is 3.69. The Balaban J connectivity index is 2.46. The molecular formula is C13H9F3O2. The van der Waals surface area contributed by atoms with Crippen LogP contribution in [0.1, 0.15) is 23.9 Å². The van der Waals surface area contributed by atoms with Gasteiger partial charge in [0, 0.05) is 12.5 Å². The van der Waals surface area contributed by atoms with Gasteiger partial charge in [-0.3, -0.25) is 4.79 Å². The van der Waals surface area contributed by atoms with Gasteiger partial charge in [-0.05, 0) is 18.2 Å². The summed E-state index contributed by atoms with van der Waals surface area (Å²) in [5.74, 6) is -3.58. The maximum Gasteiger partial charge on any atom is 0.197 e. The molecule has 1 heterocycles. The minimum Gasteiger partial charge on any atom is -0.453 e. The van der Waals surface area contributed by atoms with E-state index in [-0.39, 0.29) is 29.3 Å². The van der Waals surface area contributed by atoms with Gasteiger partial charge >= 0.3 is 0 Å². The Labute approximate surface area is 101 Å². The average molecular weight is 254 g/mol. The van der Waals surface area contributed by atoms with Crippen LogP contribution in [0.3, 0.4) is 0 Å². The van der Waals surface area contributed by atoms with Crippen LogP contribution in [0, 0.1) is 17.5 Å². The van der Waals surface area contributed by atoms with Crippen molar-refractivity contribution in [2.45, 2.75) is 13.3 Å². The number of furan rings is 1. The molecule has 1 aromatic heterocycles. The molecule has 0 aliphatic carbocycles. The molecule has 0 saturated heterocycles. The third-order valence-electron chi connectivity index (χ3n) is 2.48. The van der Waals surface area contributed by atoms with Crippen molar-refractivity contribution >= 4 is 5.78 Å². The third kappa shape index (κ3) is 2.16. The van der Waals surface area contributed by atoms with Crippen LogP contribution >= 0.6 is 0 Å². The van der Waals surface area contributed by atoms with Gasteiger partial charge < -0.3 is 4.42 Å². The normalized spacial score (nSPS) is 10.7. The Morgan fingerprint density at radius 2 is 1.78 bits per heavy atom. The lowest BCUT2D eigenvalue weighted by atomic mass is 10.1. The predicted molar refractivity (Wildman–Crippen MR) is 58.6 cm³/mol. The SMILES string of the molecule is CCC(=O)c1ccc(-c2cc(F)c(F)cc2F)o1. The number of Topliss-reactive ketones (excluding diaryl/α,β-unsaturated/α-hetero) is 1. The van der Waals surface area contributed by atoms with Crippen molar-refractivity contribution in [3.63, 3.8) is 0 Å². The first-order chi connectivity index (χ1) is 8.52. The van der Waals surface area contributed by atoms with Crippen LogP contribution in [0.4, 0.5) is 13.2 Å². The number of benzene rings is 1. The molecule has 0 unspecified atom stereocenters. The smallest absolute Gasteiger partial charge is 0.197 e. The minimum absolute atomic E-state index is 0.0109. The van der Waals surface area contributed by atoms with E-state index in [4.69, 9.17) is 4.42 Å². The summed E-state index contributed by atoms with van der Waals surface area (Å²) in [6, 6.07) is 3.86. The van der Waals surface area contributed by atoms with E-state index in [1.165, 1.54) is 12.1 Å². The van der Waals surface area contributed by atoms with Crippen molar-refractivity contribution in [1.29, 1.82) is 0 Å². The molecule has 0 bridgehead atoms. The molecule has 18 heavy (non-hydrogen) atoms. The van der Waals surface area contributed by atoms with Crippen molar-refractivity contribution < 1.29 is 22.4 Å². The molecule has 2 aromatic rings. The number of carbonyl (C=O) groups is 1. The van der Waals surface area contributed by atoms with Gasteiger partial charge in [-0.25, -0.2) is 13.2 Å². The second-order valence-corrected chi connectivity index (χ2v) is 3.69. The standard InChI is InChI=1S/C13H9F3O2/c1-2-11(17)13-4-3-12(18-13)7-5-9(15)10(16)6-8(7)14/h3-6H,2H2,1H3. The topological polar surface area (TPSA) is 30.2 Å². The zero-order valence-corrected chi connectivity index (χ0v) is 9.47. The van der Waals surface area contributed by atoms with Crippen LogP contribution in [-0.2, 0) is 0 Å². The zero-order valence-electron chi connectivity index (χ0n) is 9.47. The van der Waals surface area contributed by atoms with E-state index in [2.05, 4.69) is 0 Å². The van der Waals surface area contributed by atoms with Crippen LogP contribution in [0.5, 0.6) is 0 Å². The lowest BCUT2D eigenvalue weighted by Crippen LogP contribution is -1.93. The highest BCUT2D eigenvalue weighted by Crippen LogP contribution is 2.27. The van der Waals surface area contributed by atoms with E-state index < -0.39 is 17.5 Å². The van der Waals surface area contributed by atoms with Gasteiger partial charge in [-0.15, -0.1) is 0 Å². The van der Waals surface area contributed by atoms with Gasteiger partial charge in [-0.2, -0.15) is 0 Å². The van der Waals surface area contributed by atoms with Crippen LogP contribution < -0.4 is 0 Å². The molecule has 0 N–H and O–H groups in total. The Morgan fingerprint density at radius 1 is 1.11 bits per heavy atom. The lowest BCUT2D eigenvalue weighted by molar-refractivity contribution is 0.0962.